The molecule has 0 bridgehead atoms. The molecule has 0 spiro atoms. The highest BCUT2D eigenvalue weighted by molar-refractivity contribution is 5.85. The van der Waals surface area contributed by atoms with E-state index in [1.54, 1.807) is 18.5 Å². The van der Waals surface area contributed by atoms with Gasteiger partial charge >= 0.3 is 0 Å². The molecule has 0 unspecified atom stereocenters. The van der Waals surface area contributed by atoms with Crippen molar-refractivity contribution >= 4 is 10.9 Å². The second-order valence-electron chi connectivity index (χ2n) is 5.84. The fourth-order valence-corrected chi connectivity index (χ4v) is 2.95. The molecular formula is C20H14F3N2+. The number of nitrogens with zero attached hydrogens (tertiary/aromatic N) is 1. The van der Waals surface area contributed by atoms with E-state index in [9.17, 15) is 13.2 Å². The molecule has 0 atom stereocenters. The normalized spacial score (nSPS) is 11.2. The van der Waals surface area contributed by atoms with E-state index in [1.807, 2.05) is 34.9 Å². The van der Waals surface area contributed by atoms with Gasteiger partial charge in [-0.05, 0) is 12.1 Å². The summed E-state index contributed by atoms with van der Waals surface area (Å²) in [5.41, 5.74) is 0.997. The molecule has 0 aliphatic carbocycles. The van der Waals surface area contributed by atoms with Gasteiger partial charge in [-0.2, -0.15) is 4.57 Å². The predicted octanol–water partition coefficient (Wildman–Crippen LogP) is 4.59. The van der Waals surface area contributed by atoms with Crippen LogP contribution in [0.25, 0.3) is 22.2 Å². The van der Waals surface area contributed by atoms with Gasteiger partial charge < -0.3 is 4.98 Å². The van der Waals surface area contributed by atoms with Gasteiger partial charge in [-0.25, -0.2) is 13.2 Å². The number of fused-ring (bicyclic) bond motifs is 1. The van der Waals surface area contributed by atoms with Crippen LogP contribution in [0, 0.1) is 17.5 Å². The zero-order valence-corrected chi connectivity index (χ0v) is 13.1. The summed E-state index contributed by atoms with van der Waals surface area (Å²) in [6.07, 6.45) is 3.43. The molecule has 2 heterocycles. The molecule has 2 aromatic heterocycles. The third-order valence-corrected chi connectivity index (χ3v) is 4.15. The first kappa shape index (κ1) is 15.4. The van der Waals surface area contributed by atoms with E-state index in [2.05, 4.69) is 4.98 Å². The molecule has 4 aromatic rings. The van der Waals surface area contributed by atoms with Crippen LogP contribution >= 0.6 is 0 Å². The van der Waals surface area contributed by atoms with E-state index >= 15 is 0 Å². The second-order valence-corrected chi connectivity index (χ2v) is 5.84. The number of rotatable bonds is 3. The Morgan fingerprint density at radius 2 is 1.56 bits per heavy atom. The van der Waals surface area contributed by atoms with Crippen LogP contribution in [-0.4, -0.2) is 4.98 Å². The van der Waals surface area contributed by atoms with Gasteiger partial charge in [0, 0.05) is 11.6 Å². The van der Waals surface area contributed by atoms with Crippen molar-refractivity contribution in [1.29, 1.82) is 0 Å². The molecule has 0 fully saturated rings. The molecule has 4 rings (SSSR count). The van der Waals surface area contributed by atoms with Crippen LogP contribution < -0.4 is 4.57 Å². The summed E-state index contributed by atoms with van der Waals surface area (Å²) in [6.45, 7) is 0.574. The highest BCUT2D eigenvalue weighted by atomic mass is 19.1. The third-order valence-electron chi connectivity index (χ3n) is 4.15. The topological polar surface area (TPSA) is 19.7 Å². The number of nitrogens with one attached hydrogen (secondary N) is 1. The lowest BCUT2D eigenvalue weighted by Crippen LogP contribution is -2.33. The first-order chi connectivity index (χ1) is 12.1. The Morgan fingerprint density at radius 1 is 0.840 bits per heavy atom. The van der Waals surface area contributed by atoms with Crippen LogP contribution in [0.3, 0.4) is 0 Å². The lowest BCUT2D eigenvalue weighted by molar-refractivity contribution is -0.687. The van der Waals surface area contributed by atoms with Gasteiger partial charge in [0.25, 0.3) is 0 Å². The Morgan fingerprint density at radius 3 is 2.28 bits per heavy atom. The SMILES string of the molecule is Fc1cccc(F)c1-c1[nH]c2cc[n+](Cc3ccccc3)cc2c1F. The van der Waals surface area contributed by atoms with Crippen LogP contribution in [-0.2, 0) is 6.54 Å². The largest absolute Gasteiger partial charge is 0.352 e. The average molecular weight is 339 g/mol. The number of aromatic nitrogens is 2. The van der Waals surface area contributed by atoms with Gasteiger partial charge in [0.05, 0.1) is 22.2 Å². The van der Waals surface area contributed by atoms with Crippen molar-refractivity contribution in [2.45, 2.75) is 6.54 Å². The molecule has 124 valence electrons. The van der Waals surface area contributed by atoms with E-state index in [0.717, 1.165) is 17.7 Å². The first-order valence-corrected chi connectivity index (χ1v) is 7.82. The lowest BCUT2D eigenvalue weighted by Gasteiger charge is -2.02. The number of hydrogen-bond donors (Lipinski definition) is 1. The average Bonchev–Trinajstić information content (AvgIpc) is 2.92. The molecule has 0 amide bonds. The minimum atomic E-state index is -0.803. The number of H-pyrrole nitrogens is 1. The van der Waals surface area contributed by atoms with Gasteiger partial charge in [0.2, 0.25) is 0 Å². The van der Waals surface area contributed by atoms with Crippen LogP contribution in [0.2, 0.25) is 0 Å². The number of halogens is 3. The maximum absolute atomic E-state index is 14.8. The Kier molecular flexibility index (Phi) is 3.76. The zero-order chi connectivity index (χ0) is 17.4. The molecule has 2 nitrogen and oxygen atoms in total. The van der Waals surface area contributed by atoms with Crippen molar-refractivity contribution in [2.75, 3.05) is 0 Å². The summed E-state index contributed by atoms with van der Waals surface area (Å²) in [5.74, 6) is -2.27. The van der Waals surface area contributed by atoms with E-state index in [4.69, 9.17) is 0 Å². The molecule has 25 heavy (non-hydrogen) atoms. The fourth-order valence-electron chi connectivity index (χ4n) is 2.95. The van der Waals surface area contributed by atoms with E-state index in [0.29, 0.717) is 12.1 Å². The van der Waals surface area contributed by atoms with Gasteiger partial charge in [0.1, 0.15) is 11.6 Å². The van der Waals surface area contributed by atoms with Crippen molar-refractivity contribution in [2.24, 2.45) is 0 Å². The van der Waals surface area contributed by atoms with Crippen LogP contribution in [0.5, 0.6) is 0 Å². The minimum Gasteiger partial charge on any atom is -0.352 e. The van der Waals surface area contributed by atoms with Crippen molar-refractivity contribution in [3.63, 3.8) is 0 Å². The van der Waals surface area contributed by atoms with Crippen LogP contribution in [0.4, 0.5) is 13.2 Å². The molecule has 0 saturated carbocycles. The van der Waals surface area contributed by atoms with Crippen LogP contribution in [0.15, 0.2) is 67.0 Å². The Bertz CT molecular complexity index is 1040. The summed E-state index contributed by atoms with van der Waals surface area (Å²) in [6, 6.07) is 14.9. The highest BCUT2D eigenvalue weighted by Crippen LogP contribution is 2.31. The number of benzene rings is 2. The molecule has 0 radical (unpaired) electrons. The zero-order valence-electron chi connectivity index (χ0n) is 13.1. The van der Waals surface area contributed by atoms with Gasteiger partial charge in [0.15, 0.2) is 24.8 Å². The van der Waals surface area contributed by atoms with Crippen molar-refractivity contribution in [3.05, 3.63) is 90.0 Å². The standard InChI is InChI=1S/C20H13F3N2/c21-15-7-4-8-16(22)18(15)20-19(23)14-12-25(10-9-17(14)24-20)11-13-5-2-1-3-6-13/h1-10,12H,11H2/p+1. The minimum absolute atomic E-state index is 0.178. The van der Waals surface area contributed by atoms with Crippen molar-refractivity contribution < 1.29 is 17.7 Å². The van der Waals surface area contributed by atoms with E-state index in [-0.39, 0.29) is 16.6 Å². The monoisotopic (exact) mass is 339 g/mol. The summed E-state index contributed by atoms with van der Waals surface area (Å²) in [5, 5.41) is 0.288. The third kappa shape index (κ3) is 2.78. The number of hydrogen-bond acceptors (Lipinski definition) is 0. The van der Waals surface area contributed by atoms with Gasteiger partial charge in [-0.1, -0.05) is 36.4 Å². The van der Waals surface area contributed by atoms with Crippen LogP contribution in [0.1, 0.15) is 5.56 Å². The second kappa shape index (κ2) is 6.09. The number of aromatic amines is 1. The molecule has 2 aromatic carbocycles. The quantitative estimate of drug-likeness (QED) is 0.527. The molecular weight excluding hydrogens is 325 g/mol. The maximum Gasteiger partial charge on any atom is 0.181 e. The Labute approximate surface area is 142 Å². The Hall–Kier alpha value is -3.08. The summed E-state index contributed by atoms with van der Waals surface area (Å²) >= 11 is 0. The smallest absolute Gasteiger partial charge is 0.181 e. The highest BCUT2D eigenvalue weighted by Gasteiger charge is 2.21. The van der Waals surface area contributed by atoms with Crippen molar-refractivity contribution in [3.8, 4) is 11.3 Å². The fraction of sp³-hybridized carbons (Fsp3) is 0.0500. The summed E-state index contributed by atoms with van der Waals surface area (Å²) < 4.78 is 44.6. The maximum atomic E-state index is 14.8. The number of pyridine rings is 1. The van der Waals surface area contributed by atoms with E-state index in [1.165, 1.54) is 6.07 Å². The van der Waals surface area contributed by atoms with Crippen molar-refractivity contribution in [1.82, 2.24) is 4.98 Å². The summed E-state index contributed by atoms with van der Waals surface area (Å²) in [4.78, 5) is 2.78. The molecule has 1 N–H and O–H groups in total. The first-order valence-electron chi connectivity index (χ1n) is 7.82. The Balaban J connectivity index is 1.81. The summed E-state index contributed by atoms with van der Waals surface area (Å²) in [7, 11) is 0. The van der Waals surface area contributed by atoms with E-state index < -0.39 is 17.5 Å². The van der Waals surface area contributed by atoms with Gasteiger partial charge in [-0.15, -0.1) is 0 Å². The molecule has 5 heteroatoms. The molecule has 0 aliphatic rings. The molecule has 0 aliphatic heterocycles. The predicted molar refractivity (Wildman–Crippen MR) is 89.3 cm³/mol. The van der Waals surface area contributed by atoms with Gasteiger partial charge in [-0.3, -0.25) is 0 Å². The lowest BCUT2D eigenvalue weighted by atomic mass is 10.1. The molecule has 0 saturated heterocycles.